The van der Waals surface area contributed by atoms with Crippen LogP contribution in [0, 0.1) is 0 Å². The van der Waals surface area contributed by atoms with Crippen molar-refractivity contribution in [1.82, 2.24) is 14.7 Å². The SMILES string of the molecule is CCCCCCCCCCN(CCCCCCCCN(CCCCCCCC(=O)N(CCCCCCCCCC)CCCCCCCCCC)Cc1ccccc1)C(=O)CCCCCCCCC. The molecule has 68 heavy (non-hydrogen) atoms. The van der Waals surface area contributed by atoms with Crippen LogP contribution >= 0.6 is 0 Å². The summed E-state index contributed by atoms with van der Waals surface area (Å²) in [5, 5.41) is 0. The van der Waals surface area contributed by atoms with E-state index in [-0.39, 0.29) is 0 Å². The maximum absolute atomic E-state index is 13.5. The van der Waals surface area contributed by atoms with Gasteiger partial charge in [-0.05, 0) is 70.0 Å². The van der Waals surface area contributed by atoms with Crippen LogP contribution < -0.4 is 0 Å². The number of rotatable bonds is 54. The summed E-state index contributed by atoms with van der Waals surface area (Å²) < 4.78 is 0. The molecule has 0 aliphatic carbocycles. The maximum Gasteiger partial charge on any atom is 0.222 e. The van der Waals surface area contributed by atoms with Crippen LogP contribution in [0.25, 0.3) is 0 Å². The van der Waals surface area contributed by atoms with Gasteiger partial charge in [-0.1, -0.05) is 276 Å². The number of hydrogen-bond acceptors (Lipinski definition) is 3. The Morgan fingerprint density at radius 1 is 0.294 bits per heavy atom. The molecule has 0 atom stereocenters. The highest BCUT2D eigenvalue weighted by atomic mass is 16.2. The topological polar surface area (TPSA) is 43.9 Å². The van der Waals surface area contributed by atoms with E-state index in [1.54, 1.807) is 0 Å². The van der Waals surface area contributed by atoms with E-state index in [1.165, 1.54) is 269 Å². The van der Waals surface area contributed by atoms with Gasteiger partial charge in [-0.2, -0.15) is 0 Å². The molecule has 0 radical (unpaired) electrons. The fourth-order valence-electron chi connectivity index (χ4n) is 10.2. The smallest absolute Gasteiger partial charge is 0.222 e. The number of nitrogens with zero attached hydrogens (tertiary/aromatic N) is 3. The van der Waals surface area contributed by atoms with E-state index < -0.39 is 0 Å². The van der Waals surface area contributed by atoms with Crippen LogP contribution in [0.3, 0.4) is 0 Å². The molecular weight excluding hydrogens is 831 g/mol. The van der Waals surface area contributed by atoms with Crippen molar-refractivity contribution in [3.05, 3.63) is 35.9 Å². The molecule has 0 saturated heterocycles. The zero-order chi connectivity index (χ0) is 49.1. The van der Waals surface area contributed by atoms with E-state index >= 15 is 0 Å². The minimum atomic E-state index is 0.421. The van der Waals surface area contributed by atoms with Gasteiger partial charge in [-0.15, -0.1) is 0 Å². The van der Waals surface area contributed by atoms with E-state index in [2.05, 4.69) is 72.7 Å². The van der Waals surface area contributed by atoms with Crippen LogP contribution in [0.5, 0.6) is 0 Å². The Kier molecular flexibility index (Phi) is 48.5. The van der Waals surface area contributed by atoms with Crippen LogP contribution in [0.2, 0.25) is 0 Å². The van der Waals surface area contributed by atoms with E-state index in [0.717, 1.165) is 64.8 Å². The van der Waals surface area contributed by atoms with E-state index in [9.17, 15) is 9.59 Å². The lowest BCUT2D eigenvalue weighted by molar-refractivity contribution is -0.132. The third kappa shape index (κ3) is 41.9. The predicted octanol–water partition coefficient (Wildman–Crippen LogP) is 19.4. The summed E-state index contributed by atoms with van der Waals surface area (Å²) in [5.74, 6) is 0.843. The first-order chi connectivity index (χ1) is 33.5. The average Bonchev–Trinajstić information content (AvgIpc) is 3.35. The van der Waals surface area contributed by atoms with E-state index in [0.29, 0.717) is 11.8 Å². The summed E-state index contributed by atoms with van der Waals surface area (Å²) >= 11 is 0. The van der Waals surface area contributed by atoms with Crippen molar-refractivity contribution in [2.45, 2.75) is 317 Å². The Labute approximate surface area is 426 Å². The molecule has 0 bridgehead atoms. The van der Waals surface area contributed by atoms with E-state index in [4.69, 9.17) is 0 Å². The molecule has 0 aromatic heterocycles. The van der Waals surface area contributed by atoms with Crippen LogP contribution in [0.4, 0.5) is 0 Å². The van der Waals surface area contributed by atoms with Crippen LogP contribution in [-0.2, 0) is 16.1 Å². The number of unbranched alkanes of at least 4 members (excludes halogenated alkanes) is 36. The first kappa shape index (κ1) is 64.1. The summed E-state index contributed by atoms with van der Waals surface area (Å²) in [5.41, 5.74) is 1.42. The molecular formula is C63H119N3O2. The Hall–Kier alpha value is -1.88. The molecule has 398 valence electrons. The van der Waals surface area contributed by atoms with Gasteiger partial charge in [-0.3, -0.25) is 14.5 Å². The molecule has 0 spiro atoms. The zero-order valence-electron chi connectivity index (χ0n) is 46.6. The second kappa shape index (κ2) is 51.5. The molecule has 0 fully saturated rings. The molecule has 0 aliphatic rings. The first-order valence-electron chi connectivity index (χ1n) is 30.9. The molecule has 2 amide bonds. The Morgan fingerprint density at radius 2 is 0.529 bits per heavy atom. The largest absolute Gasteiger partial charge is 0.343 e. The van der Waals surface area contributed by atoms with Gasteiger partial charge in [0.1, 0.15) is 0 Å². The Morgan fingerprint density at radius 3 is 0.809 bits per heavy atom. The minimum absolute atomic E-state index is 0.421. The quantitative estimate of drug-likeness (QED) is 0.0611. The zero-order valence-corrected chi connectivity index (χ0v) is 46.6. The summed E-state index contributed by atoms with van der Waals surface area (Å²) in [6.45, 7) is 16.4. The molecule has 0 unspecified atom stereocenters. The highest BCUT2D eigenvalue weighted by molar-refractivity contribution is 5.76. The third-order valence-electron chi connectivity index (χ3n) is 14.8. The number of hydrogen-bond donors (Lipinski definition) is 0. The molecule has 1 aromatic rings. The molecule has 5 heteroatoms. The van der Waals surface area contributed by atoms with Gasteiger partial charge in [0.2, 0.25) is 11.8 Å². The van der Waals surface area contributed by atoms with E-state index in [1.807, 2.05) is 0 Å². The lowest BCUT2D eigenvalue weighted by Crippen LogP contribution is -2.32. The van der Waals surface area contributed by atoms with Gasteiger partial charge >= 0.3 is 0 Å². The highest BCUT2D eigenvalue weighted by Crippen LogP contribution is 2.17. The lowest BCUT2D eigenvalue weighted by Gasteiger charge is -2.23. The minimum Gasteiger partial charge on any atom is -0.343 e. The third-order valence-corrected chi connectivity index (χ3v) is 14.8. The summed E-state index contributed by atoms with van der Waals surface area (Å²) in [7, 11) is 0. The molecule has 0 saturated carbocycles. The van der Waals surface area contributed by atoms with Crippen LogP contribution in [-0.4, -0.2) is 65.8 Å². The molecule has 0 heterocycles. The number of carbonyl (C=O) groups is 2. The molecule has 1 rings (SSSR count). The van der Waals surface area contributed by atoms with Crippen molar-refractivity contribution in [1.29, 1.82) is 0 Å². The van der Waals surface area contributed by atoms with Gasteiger partial charge in [0.15, 0.2) is 0 Å². The average molecular weight is 951 g/mol. The van der Waals surface area contributed by atoms with Crippen molar-refractivity contribution in [3.8, 4) is 0 Å². The van der Waals surface area contributed by atoms with Gasteiger partial charge in [-0.25, -0.2) is 0 Å². The van der Waals surface area contributed by atoms with Gasteiger partial charge in [0.25, 0.3) is 0 Å². The Bertz CT molecular complexity index is 1150. The normalized spacial score (nSPS) is 11.5. The number of carbonyl (C=O) groups excluding carboxylic acids is 2. The van der Waals surface area contributed by atoms with Crippen molar-refractivity contribution >= 4 is 11.8 Å². The van der Waals surface area contributed by atoms with Gasteiger partial charge in [0.05, 0.1) is 0 Å². The molecule has 0 aliphatic heterocycles. The van der Waals surface area contributed by atoms with Crippen molar-refractivity contribution < 1.29 is 9.59 Å². The monoisotopic (exact) mass is 950 g/mol. The second-order valence-corrected chi connectivity index (χ2v) is 21.5. The van der Waals surface area contributed by atoms with Crippen molar-refractivity contribution in [3.63, 3.8) is 0 Å². The summed E-state index contributed by atoms with van der Waals surface area (Å²) in [4.78, 5) is 34.0. The first-order valence-corrected chi connectivity index (χ1v) is 30.9. The summed E-state index contributed by atoms with van der Waals surface area (Å²) in [6, 6.07) is 11.1. The van der Waals surface area contributed by atoms with Crippen LogP contribution in [0.15, 0.2) is 30.3 Å². The fraction of sp³-hybridized carbons (Fsp3) is 0.873. The maximum atomic E-state index is 13.5. The molecule has 0 N–H and O–H groups in total. The lowest BCUT2D eigenvalue weighted by atomic mass is 10.1. The number of benzene rings is 1. The van der Waals surface area contributed by atoms with Gasteiger partial charge in [0, 0.05) is 45.6 Å². The second-order valence-electron chi connectivity index (χ2n) is 21.5. The fourth-order valence-corrected chi connectivity index (χ4v) is 10.2. The number of amides is 2. The predicted molar refractivity (Wildman–Crippen MR) is 301 cm³/mol. The van der Waals surface area contributed by atoms with Crippen LogP contribution in [0.1, 0.15) is 316 Å². The van der Waals surface area contributed by atoms with Crippen molar-refractivity contribution in [2.24, 2.45) is 0 Å². The van der Waals surface area contributed by atoms with Gasteiger partial charge < -0.3 is 9.80 Å². The molecule has 1 aromatic carbocycles. The summed E-state index contributed by atoms with van der Waals surface area (Å²) in [6.07, 6.45) is 55.7. The molecule has 5 nitrogen and oxygen atoms in total. The Balaban J connectivity index is 2.44. The van der Waals surface area contributed by atoms with Crippen molar-refractivity contribution in [2.75, 3.05) is 39.3 Å². The highest BCUT2D eigenvalue weighted by Gasteiger charge is 2.15. The standard InChI is InChI=1S/C63H119N3O2/c1-5-9-13-17-21-25-35-46-56-65(57-47-36-26-22-18-14-10-6-2)63(68)53-43-32-30-34-45-55-64(60-61-50-40-39-41-51-61)54-44-33-28-29-38-49-59-66(58-48-37-27-23-19-15-11-7-3)62(67)52-42-31-24-20-16-12-8-4/h39-41,50-51H,5-38,42-49,52-60H2,1-4H3.